The number of esters is 1. The van der Waals surface area contributed by atoms with Crippen LogP contribution >= 0.6 is 0 Å². The van der Waals surface area contributed by atoms with Gasteiger partial charge in [0.25, 0.3) is 0 Å². The molecule has 0 amide bonds. The second-order valence-electron chi connectivity index (χ2n) is 7.54. The SMILES string of the molecule is C[C@@H]1CC[C@@]2(C)[C@H](C)[C@@]3(C[C@@]12C)C(=O)O[C@H]1O[C@H]13. The number of ether oxygens (including phenoxy) is 2. The molecule has 3 heteroatoms. The number of hydrogen-bond acceptors (Lipinski definition) is 3. The molecule has 2 saturated heterocycles. The summed E-state index contributed by atoms with van der Waals surface area (Å²) in [6, 6.07) is 0. The fraction of sp³-hybridized carbons (Fsp3) is 0.933. The van der Waals surface area contributed by atoms with Crippen LogP contribution < -0.4 is 0 Å². The second kappa shape index (κ2) is 2.79. The van der Waals surface area contributed by atoms with Crippen LogP contribution in [0.5, 0.6) is 0 Å². The van der Waals surface area contributed by atoms with Crippen molar-refractivity contribution in [2.75, 3.05) is 0 Å². The van der Waals surface area contributed by atoms with Crippen molar-refractivity contribution in [1.29, 1.82) is 0 Å². The molecule has 0 aromatic rings. The van der Waals surface area contributed by atoms with Crippen molar-refractivity contribution >= 4 is 5.97 Å². The van der Waals surface area contributed by atoms with E-state index in [-0.39, 0.29) is 34.6 Å². The van der Waals surface area contributed by atoms with Crippen molar-refractivity contribution in [2.24, 2.45) is 28.1 Å². The summed E-state index contributed by atoms with van der Waals surface area (Å²) in [7, 11) is 0. The Balaban J connectivity index is 1.85. The van der Waals surface area contributed by atoms with Crippen LogP contribution in [0.25, 0.3) is 0 Å². The van der Waals surface area contributed by atoms with Crippen molar-refractivity contribution in [3.63, 3.8) is 0 Å². The smallest absolute Gasteiger partial charge is 0.317 e. The standard InChI is InChI=1S/C15H22O3/c1-8-5-6-13(3)9(2)15(7-14(8,13)4)10-11(17-10)18-12(15)16/h8-11H,5-7H2,1-4H3/t8-,9+,10-,11-,13+,14+,15-/m1/s1. The first-order valence-electron chi connectivity index (χ1n) is 7.23. The molecule has 0 bridgehead atoms. The Bertz CT molecular complexity index is 445. The molecule has 4 aliphatic rings. The minimum Gasteiger partial charge on any atom is -0.432 e. The summed E-state index contributed by atoms with van der Waals surface area (Å²) in [5.74, 6) is 1.07. The number of carbonyl (C=O) groups is 1. The van der Waals surface area contributed by atoms with Crippen LogP contribution in [-0.4, -0.2) is 18.4 Å². The molecule has 2 heterocycles. The van der Waals surface area contributed by atoms with E-state index in [2.05, 4.69) is 27.7 Å². The van der Waals surface area contributed by atoms with Crippen LogP contribution in [0.1, 0.15) is 47.0 Å². The van der Waals surface area contributed by atoms with Gasteiger partial charge >= 0.3 is 5.97 Å². The van der Waals surface area contributed by atoms with E-state index in [1.54, 1.807) is 0 Å². The van der Waals surface area contributed by atoms with Gasteiger partial charge in [0.2, 0.25) is 6.29 Å². The lowest BCUT2D eigenvalue weighted by molar-refractivity contribution is -0.162. The third-order valence-electron chi connectivity index (χ3n) is 7.44. The minimum atomic E-state index is -0.344. The summed E-state index contributed by atoms with van der Waals surface area (Å²) in [6.07, 6.45) is 3.31. The lowest BCUT2D eigenvalue weighted by Gasteiger charge is -2.40. The molecule has 0 aromatic carbocycles. The number of fused-ring (bicyclic) bond motifs is 3. The van der Waals surface area contributed by atoms with E-state index in [1.807, 2.05) is 0 Å². The molecule has 18 heavy (non-hydrogen) atoms. The van der Waals surface area contributed by atoms with Gasteiger partial charge in [-0.15, -0.1) is 0 Å². The fourth-order valence-electron chi connectivity index (χ4n) is 5.58. The van der Waals surface area contributed by atoms with Gasteiger partial charge in [-0.2, -0.15) is 0 Å². The summed E-state index contributed by atoms with van der Waals surface area (Å²) in [6.45, 7) is 9.38. The summed E-state index contributed by atoms with van der Waals surface area (Å²) in [4.78, 5) is 12.4. The molecule has 3 nitrogen and oxygen atoms in total. The molecule has 7 atom stereocenters. The minimum absolute atomic E-state index is 0.0142. The molecular weight excluding hydrogens is 228 g/mol. The lowest BCUT2D eigenvalue weighted by atomic mass is 9.64. The first-order chi connectivity index (χ1) is 8.36. The van der Waals surface area contributed by atoms with Gasteiger partial charge in [-0.05, 0) is 41.9 Å². The molecule has 1 spiro atoms. The fourth-order valence-corrected chi connectivity index (χ4v) is 5.58. The molecule has 0 unspecified atom stereocenters. The van der Waals surface area contributed by atoms with Gasteiger partial charge < -0.3 is 9.47 Å². The maximum absolute atomic E-state index is 12.4. The van der Waals surface area contributed by atoms with E-state index < -0.39 is 0 Å². The van der Waals surface area contributed by atoms with Gasteiger partial charge in [0.05, 0.1) is 0 Å². The van der Waals surface area contributed by atoms with Gasteiger partial charge in [-0.3, -0.25) is 4.79 Å². The maximum atomic E-state index is 12.4. The molecule has 2 saturated carbocycles. The first kappa shape index (κ1) is 11.3. The Morgan fingerprint density at radius 3 is 2.50 bits per heavy atom. The van der Waals surface area contributed by atoms with Gasteiger partial charge in [0.15, 0.2) is 0 Å². The summed E-state index contributed by atoms with van der Waals surface area (Å²) < 4.78 is 11.0. The lowest BCUT2D eigenvalue weighted by Crippen LogP contribution is -2.40. The van der Waals surface area contributed by atoms with E-state index in [1.165, 1.54) is 12.8 Å². The molecule has 100 valence electrons. The number of carbonyl (C=O) groups excluding carboxylic acids is 1. The summed E-state index contributed by atoms with van der Waals surface area (Å²) in [5.41, 5.74) is 0.168. The molecule has 2 aliphatic carbocycles. The topological polar surface area (TPSA) is 38.8 Å². The predicted molar refractivity (Wildman–Crippen MR) is 65.6 cm³/mol. The van der Waals surface area contributed by atoms with Crippen LogP contribution in [0.4, 0.5) is 0 Å². The average molecular weight is 250 g/mol. The quantitative estimate of drug-likeness (QED) is 0.490. The highest BCUT2D eigenvalue weighted by atomic mass is 16.8. The Kier molecular flexibility index (Phi) is 1.75. The number of rotatable bonds is 0. The van der Waals surface area contributed by atoms with E-state index in [0.29, 0.717) is 11.8 Å². The molecular formula is C15H22O3. The maximum Gasteiger partial charge on any atom is 0.317 e. The molecule has 4 fully saturated rings. The third-order valence-corrected chi connectivity index (χ3v) is 7.44. The Labute approximate surface area is 108 Å². The van der Waals surface area contributed by atoms with Crippen molar-refractivity contribution in [2.45, 2.75) is 59.4 Å². The zero-order valence-corrected chi connectivity index (χ0v) is 11.7. The molecule has 0 N–H and O–H groups in total. The summed E-state index contributed by atoms with van der Waals surface area (Å²) in [5, 5.41) is 0. The van der Waals surface area contributed by atoms with Crippen molar-refractivity contribution < 1.29 is 14.3 Å². The highest BCUT2D eigenvalue weighted by molar-refractivity contribution is 5.82. The van der Waals surface area contributed by atoms with Crippen LogP contribution in [0.15, 0.2) is 0 Å². The zero-order valence-electron chi connectivity index (χ0n) is 11.7. The van der Waals surface area contributed by atoms with Crippen LogP contribution in [-0.2, 0) is 14.3 Å². The largest absolute Gasteiger partial charge is 0.432 e. The van der Waals surface area contributed by atoms with Crippen molar-refractivity contribution in [1.82, 2.24) is 0 Å². The first-order valence-corrected chi connectivity index (χ1v) is 7.23. The molecule has 4 rings (SSSR count). The zero-order chi connectivity index (χ0) is 12.9. The van der Waals surface area contributed by atoms with Crippen molar-refractivity contribution in [3.8, 4) is 0 Å². The monoisotopic (exact) mass is 250 g/mol. The predicted octanol–water partition coefficient (Wildman–Crippen LogP) is 2.74. The van der Waals surface area contributed by atoms with Gasteiger partial charge in [0, 0.05) is 0 Å². The summed E-state index contributed by atoms with van der Waals surface area (Å²) >= 11 is 0. The highest BCUT2D eigenvalue weighted by Crippen LogP contribution is 2.76. The highest BCUT2D eigenvalue weighted by Gasteiger charge is 2.80. The van der Waals surface area contributed by atoms with Crippen LogP contribution in [0.3, 0.4) is 0 Å². The Morgan fingerprint density at radius 1 is 1.22 bits per heavy atom. The van der Waals surface area contributed by atoms with Crippen molar-refractivity contribution in [3.05, 3.63) is 0 Å². The normalized spacial score (nSPS) is 65.0. The van der Waals surface area contributed by atoms with Gasteiger partial charge in [-0.1, -0.05) is 27.7 Å². The molecule has 0 radical (unpaired) electrons. The van der Waals surface area contributed by atoms with Gasteiger partial charge in [-0.25, -0.2) is 0 Å². The van der Waals surface area contributed by atoms with E-state index in [9.17, 15) is 4.79 Å². The van der Waals surface area contributed by atoms with Gasteiger partial charge in [0.1, 0.15) is 11.5 Å². The number of hydrogen-bond donors (Lipinski definition) is 0. The Hall–Kier alpha value is -0.570. The molecule has 2 aliphatic heterocycles. The van der Waals surface area contributed by atoms with E-state index in [4.69, 9.17) is 9.47 Å². The number of epoxide rings is 1. The second-order valence-corrected chi connectivity index (χ2v) is 7.54. The average Bonchev–Trinajstić information content (AvgIpc) is 2.94. The van der Waals surface area contributed by atoms with Crippen LogP contribution in [0.2, 0.25) is 0 Å². The van der Waals surface area contributed by atoms with Crippen LogP contribution in [0, 0.1) is 28.1 Å². The van der Waals surface area contributed by atoms with E-state index in [0.717, 1.165) is 6.42 Å². The van der Waals surface area contributed by atoms with E-state index >= 15 is 0 Å². The molecule has 0 aromatic heterocycles. The third kappa shape index (κ3) is 0.880. The Morgan fingerprint density at radius 2 is 1.94 bits per heavy atom.